The summed E-state index contributed by atoms with van der Waals surface area (Å²) >= 11 is 0. The number of piperazine rings is 1. The first-order valence-corrected chi connectivity index (χ1v) is 11.6. The lowest BCUT2D eigenvalue weighted by Gasteiger charge is -2.34. The van der Waals surface area contributed by atoms with E-state index in [1.54, 1.807) is 0 Å². The number of aryl methyl sites for hydroxylation is 1. The summed E-state index contributed by atoms with van der Waals surface area (Å²) in [6, 6.07) is 24.8. The van der Waals surface area contributed by atoms with E-state index in [4.69, 9.17) is 0 Å². The van der Waals surface area contributed by atoms with Crippen molar-refractivity contribution in [2.75, 3.05) is 48.3 Å². The largest absolute Gasteiger partial charge is 0.369 e. The zero-order valence-corrected chi connectivity index (χ0v) is 19.5. The van der Waals surface area contributed by atoms with E-state index >= 15 is 0 Å². The Kier molecular flexibility index (Phi) is 5.90. The molecule has 0 unspecified atom stereocenters. The van der Waals surface area contributed by atoms with Gasteiger partial charge in [0.25, 0.3) is 11.8 Å². The lowest BCUT2D eigenvalue weighted by atomic mass is 10.0. The predicted octanol–water partition coefficient (Wildman–Crippen LogP) is 4.14. The van der Waals surface area contributed by atoms with Gasteiger partial charge in [-0.2, -0.15) is 0 Å². The lowest BCUT2D eigenvalue weighted by Crippen LogP contribution is -2.44. The third kappa shape index (κ3) is 4.20. The van der Waals surface area contributed by atoms with E-state index in [1.807, 2.05) is 73.7 Å². The summed E-state index contributed by atoms with van der Waals surface area (Å²) in [6.07, 6.45) is 0. The normalized spacial score (nSPS) is 17.0. The molecule has 1 fully saturated rings. The Hall–Kier alpha value is -3.90. The Morgan fingerprint density at radius 1 is 0.706 bits per heavy atom. The number of nitrogens with one attached hydrogen (secondary N) is 1. The van der Waals surface area contributed by atoms with E-state index < -0.39 is 0 Å². The highest BCUT2D eigenvalue weighted by atomic mass is 16.2. The molecule has 1 N–H and O–H groups in total. The summed E-state index contributed by atoms with van der Waals surface area (Å²) in [5, 5.41) is 3.26. The number of hydrogen-bond acceptors (Lipinski definition) is 5. The molecule has 0 radical (unpaired) electrons. The van der Waals surface area contributed by atoms with Gasteiger partial charge in [-0.25, -0.2) is 4.90 Å². The third-order valence-corrected chi connectivity index (χ3v) is 6.44. The van der Waals surface area contributed by atoms with E-state index in [0.29, 0.717) is 22.5 Å². The maximum Gasteiger partial charge on any atom is 0.282 e. The van der Waals surface area contributed by atoms with Gasteiger partial charge in [0, 0.05) is 37.6 Å². The van der Waals surface area contributed by atoms with Crippen LogP contribution in [0.3, 0.4) is 0 Å². The van der Waals surface area contributed by atoms with Crippen LogP contribution in [0.2, 0.25) is 0 Å². The lowest BCUT2D eigenvalue weighted by molar-refractivity contribution is -0.120. The van der Waals surface area contributed by atoms with Gasteiger partial charge in [0.1, 0.15) is 5.70 Å². The summed E-state index contributed by atoms with van der Waals surface area (Å²) < 4.78 is 0. The van der Waals surface area contributed by atoms with Gasteiger partial charge in [0.15, 0.2) is 0 Å². The van der Waals surface area contributed by atoms with Crippen molar-refractivity contribution in [2.45, 2.75) is 6.92 Å². The molecule has 2 amide bonds. The van der Waals surface area contributed by atoms with Gasteiger partial charge in [0.2, 0.25) is 0 Å². The Labute approximate surface area is 200 Å². The number of rotatable bonds is 5. The van der Waals surface area contributed by atoms with Crippen molar-refractivity contribution < 1.29 is 9.59 Å². The minimum Gasteiger partial charge on any atom is -0.369 e. The maximum absolute atomic E-state index is 13.5. The molecule has 0 atom stereocenters. The molecule has 1 saturated heterocycles. The molecule has 0 aliphatic carbocycles. The number of benzene rings is 3. The highest BCUT2D eigenvalue weighted by Crippen LogP contribution is 2.34. The SMILES string of the molecule is Cc1ccc(N2C(=O)C(Nc3ccc(N4CCN(C)CC4)cc3)=C(c3ccccc3)C2=O)cc1. The fourth-order valence-electron chi connectivity index (χ4n) is 4.41. The summed E-state index contributed by atoms with van der Waals surface area (Å²) in [5.74, 6) is -0.674. The van der Waals surface area contributed by atoms with Crippen LogP contribution in [0, 0.1) is 6.92 Å². The van der Waals surface area contributed by atoms with E-state index in [-0.39, 0.29) is 11.8 Å². The molecule has 0 aromatic heterocycles. The van der Waals surface area contributed by atoms with Gasteiger partial charge in [-0.05, 0) is 55.9 Å². The van der Waals surface area contributed by atoms with Crippen LogP contribution in [0.25, 0.3) is 5.57 Å². The van der Waals surface area contributed by atoms with Gasteiger partial charge in [-0.3, -0.25) is 9.59 Å². The van der Waals surface area contributed by atoms with Crippen LogP contribution in [0.4, 0.5) is 17.1 Å². The molecule has 2 aliphatic heterocycles. The Morgan fingerprint density at radius 2 is 1.32 bits per heavy atom. The van der Waals surface area contributed by atoms with Crippen molar-refractivity contribution in [2.24, 2.45) is 0 Å². The Balaban J connectivity index is 1.46. The topological polar surface area (TPSA) is 55.9 Å². The van der Waals surface area contributed by atoms with Gasteiger partial charge < -0.3 is 15.1 Å². The van der Waals surface area contributed by atoms with Gasteiger partial charge in [-0.1, -0.05) is 48.0 Å². The van der Waals surface area contributed by atoms with Crippen LogP contribution in [0.15, 0.2) is 84.6 Å². The van der Waals surface area contributed by atoms with E-state index in [1.165, 1.54) is 4.90 Å². The minimum atomic E-state index is -0.351. The van der Waals surface area contributed by atoms with Crippen LogP contribution in [-0.2, 0) is 9.59 Å². The molecule has 34 heavy (non-hydrogen) atoms. The fourth-order valence-corrected chi connectivity index (χ4v) is 4.41. The monoisotopic (exact) mass is 452 g/mol. The average Bonchev–Trinajstić information content (AvgIpc) is 3.10. The molecule has 5 rings (SSSR count). The highest BCUT2D eigenvalue weighted by Gasteiger charge is 2.40. The first-order valence-electron chi connectivity index (χ1n) is 11.6. The number of imide groups is 1. The fraction of sp³-hybridized carbons (Fsp3) is 0.214. The second kappa shape index (κ2) is 9.15. The molecular weight excluding hydrogens is 424 g/mol. The maximum atomic E-state index is 13.5. The smallest absolute Gasteiger partial charge is 0.282 e. The first-order chi connectivity index (χ1) is 16.5. The van der Waals surface area contributed by atoms with Crippen molar-refractivity contribution in [3.63, 3.8) is 0 Å². The third-order valence-electron chi connectivity index (χ3n) is 6.44. The number of anilines is 3. The number of hydrogen-bond donors (Lipinski definition) is 1. The highest BCUT2D eigenvalue weighted by molar-refractivity contribution is 6.46. The van der Waals surface area contributed by atoms with Crippen molar-refractivity contribution >= 4 is 34.4 Å². The molecular formula is C28H28N4O2. The molecule has 3 aromatic rings. The van der Waals surface area contributed by atoms with Crippen LogP contribution >= 0.6 is 0 Å². The van der Waals surface area contributed by atoms with Crippen LogP contribution < -0.4 is 15.1 Å². The minimum absolute atomic E-state index is 0.295. The molecule has 3 aromatic carbocycles. The zero-order valence-electron chi connectivity index (χ0n) is 19.5. The molecule has 2 heterocycles. The molecule has 0 bridgehead atoms. The summed E-state index contributed by atoms with van der Waals surface area (Å²) in [4.78, 5) is 32.9. The van der Waals surface area contributed by atoms with Crippen molar-refractivity contribution in [1.29, 1.82) is 0 Å². The molecule has 6 nitrogen and oxygen atoms in total. The van der Waals surface area contributed by atoms with Crippen LogP contribution in [-0.4, -0.2) is 49.9 Å². The number of nitrogens with zero attached hydrogens (tertiary/aromatic N) is 3. The van der Waals surface area contributed by atoms with Gasteiger partial charge >= 0.3 is 0 Å². The van der Waals surface area contributed by atoms with Crippen molar-refractivity contribution in [3.05, 3.63) is 95.7 Å². The predicted molar refractivity (Wildman–Crippen MR) is 137 cm³/mol. The number of amides is 2. The first kappa shape index (κ1) is 21.9. The van der Waals surface area contributed by atoms with E-state index in [2.05, 4.69) is 34.3 Å². The Morgan fingerprint density at radius 3 is 1.97 bits per heavy atom. The number of carbonyl (C=O) groups is 2. The summed E-state index contributed by atoms with van der Waals surface area (Å²) in [7, 11) is 2.14. The summed E-state index contributed by atoms with van der Waals surface area (Å²) in [5.41, 5.74) is 4.96. The Bertz CT molecular complexity index is 1230. The van der Waals surface area contributed by atoms with Crippen molar-refractivity contribution in [3.8, 4) is 0 Å². The zero-order chi connectivity index (χ0) is 23.7. The molecule has 0 saturated carbocycles. The molecule has 172 valence electrons. The van der Waals surface area contributed by atoms with Crippen LogP contribution in [0.5, 0.6) is 0 Å². The quantitative estimate of drug-likeness (QED) is 0.590. The number of likely N-dealkylation sites (N-methyl/N-ethyl adjacent to an activating group) is 1. The van der Waals surface area contributed by atoms with Crippen LogP contribution in [0.1, 0.15) is 11.1 Å². The molecule has 2 aliphatic rings. The number of carbonyl (C=O) groups excluding carboxylic acids is 2. The van der Waals surface area contributed by atoms with Gasteiger partial charge in [-0.15, -0.1) is 0 Å². The average molecular weight is 453 g/mol. The van der Waals surface area contributed by atoms with Crippen molar-refractivity contribution in [1.82, 2.24) is 4.90 Å². The second-order valence-corrected chi connectivity index (χ2v) is 8.86. The summed E-state index contributed by atoms with van der Waals surface area (Å²) in [6.45, 7) is 6.04. The van der Waals surface area contributed by atoms with Gasteiger partial charge in [0.05, 0.1) is 11.3 Å². The second-order valence-electron chi connectivity index (χ2n) is 8.86. The van der Waals surface area contributed by atoms with E-state index in [0.717, 1.165) is 43.1 Å². The molecule has 0 spiro atoms. The molecule has 6 heteroatoms. The van der Waals surface area contributed by atoms with E-state index in [9.17, 15) is 9.59 Å². The standard InChI is InChI=1S/C28H28N4O2/c1-20-8-12-24(13-9-20)32-27(33)25(21-6-4-3-5-7-21)26(28(32)34)29-22-10-14-23(15-11-22)31-18-16-30(2)17-19-31/h3-15,29H,16-19H2,1-2H3.